The number of rotatable bonds is 2. The quantitative estimate of drug-likeness (QED) is 0.399. The summed E-state index contributed by atoms with van der Waals surface area (Å²) in [6, 6.07) is 35.0. The molecule has 5 rings (SSSR count). The Bertz CT molecular complexity index is 1050. The van der Waals surface area contributed by atoms with Crippen LogP contribution < -0.4 is 0 Å². The molecule has 0 aromatic heterocycles. The summed E-state index contributed by atoms with van der Waals surface area (Å²) in [6.45, 7) is 0. The predicted molar refractivity (Wildman–Crippen MR) is 110 cm³/mol. The lowest BCUT2D eigenvalue weighted by Crippen LogP contribution is -2.30. The molecule has 0 unspecified atom stereocenters. The Balaban J connectivity index is 1.78. The molecule has 0 saturated heterocycles. The van der Waals surface area contributed by atoms with Crippen molar-refractivity contribution < 1.29 is 0 Å². The number of benzene rings is 4. The standard InChI is InChI=1S/C26H20/c1-3-10-22(11-4-1)26(23-12-5-2-6-13-23)18-17-21-16-15-20-9-7-8-14-24(20)25(21)19-26/h1-18H,19H2. The largest absolute Gasteiger partial charge is 0.0687 e. The molecule has 0 spiro atoms. The number of allylic oxidation sites excluding steroid dienone is 1. The highest BCUT2D eigenvalue weighted by molar-refractivity contribution is 5.90. The van der Waals surface area contributed by atoms with Crippen molar-refractivity contribution in [2.75, 3.05) is 0 Å². The predicted octanol–water partition coefficient (Wildman–Crippen LogP) is 6.40. The number of hydrogen-bond acceptors (Lipinski definition) is 0. The molecule has 0 amide bonds. The number of fused-ring (bicyclic) bond motifs is 3. The summed E-state index contributed by atoms with van der Waals surface area (Å²) in [6.07, 6.45) is 5.69. The highest BCUT2D eigenvalue weighted by Gasteiger charge is 2.35. The molecule has 0 bridgehead atoms. The fraction of sp³-hybridized carbons (Fsp3) is 0.0769. The molecule has 0 aliphatic heterocycles. The summed E-state index contributed by atoms with van der Waals surface area (Å²) in [5, 5.41) is 2.68. The SMILES string of the molecule is C1=CC(c2ccccc2)(c2ccccc2)Cc2c1ccc1ccccc21. The van der Waals surface area contributed by atoms with Crippen LogP contribution in [0.5, 0.6) is 0 Å². The summed E-state index contributed by atoms with van der Waals surface area (Å²) in [4.78, 5) is 0. The molecule has 0 saturated carbocycles. The topological polar surface area (TPSA) is 0 Å². The Kier molecular flexibility index (Phi) is 3.50. The van der Waals surface area contributed by atoms with Gasteiger partial charge in [0.15, 0.2) is 0 Å². The maximum Gasteiger partial charge on any atom is 0.0425 e. The second-order valence-corrected chi connectivity index (χ2v) is 7.07. The van der Waals surface area contributed by atoms with Crippen LogP contribution >= 0.6 is 0 Å². The molecule has 0 heterocycles. The molecular weight excluding hydrogens is 312 g/mol. The zero-order chi connectivity index (χ0) is 17.4. The zero-order valence-electron chi connectivity index (χ0n) is 14.6. The molecule has 1 aliphatic rings. The van der Waals surface area contributed by atoms with Crippen molar-refractivity contribution >= 4 is 16.8 Å². The van der Waals surface area contributed by atoms with Crippen LogP contribution in [0.2, 0.25) is 0 Å². The van der Waals surface area contributed by atoms with Gasteiger partial charge in [0.1, 0.15) is 0 Å². The van der Waals surface area contributed by atoms with Crippen molar-refractivity contribution in [3.05, 3.63) is 125 Å². The van der Waals surface area contributed by atoms with Crippen molar-refractivity contribution in [3.8, 4) is 0 Å². The lowest BCUT2D eigenvalue weighted by molar-refractivity contribution is 0.636. The van der Waals surface area contributed by atoms with Gasteiger partial charge in [-0.1, -0.05) is 109 Å². The fourth-order valence-corrected chi connectivity index (χ4v) is 4.31. The lowest BCUT2D eigenvalue weighted by atomic mass is 9.67. The van der Waals surface area contributed by atoms with Crippen LogP contribution in [0.4, 0.5) is 0 Å². The Labute approximate surface area is 154 Å². The van der Waals surface area contributed by atoms with E-state index in [1.54, 1.807) is 0 Å². The van der Waals surface area contributed by atoms with Crippen LogP contribution in [0.25, 0.3) is 16.8 Å². The minimum absolute atomic E-state index is 0.125. The van der Waals surface area contributed by atoms with Gasteiger partial charge in [0.05, 0.1) is 0 Å². The van der Waals surface area contributed by atoms with Crippen molar-refractivity contribution in [2.45, 2.75) is 11.8 Å². The smallest absolute Gasteiger partial charge is 0.0425 e. The van der Waals surface area contributed by atoms with Crippen LogP contribution in [0.1, 0.15) is 22.3 Å². The van der Waals surface area contributed by atoms with E-state index in [0.717, 1.165) is 6.42 Å². The van der Waals surface area contributed by atoms with Gasteiger partial charge in [-0.2, -0.15) is 0 Å². The fourth-order valence-electron chi connectivity index (χ4n) is 4.31. The highest BCUT2D eigenvalue weighted by Crippen LogP contribution is 2.43. The molecule has 0 fully saturated rings. The molecule has 0 heteroatoms. The molecular formula is C26H20. The zero-order valence-corrected chi connectivity index (χ0v) is 14.6. The van der Waals surface area contributed by atoms with E-state index in [-0.39, 0.29) is 5.41 Å². The summed E-state index contributed by atoms with van der Waals surface area (Å²) < 4.78 is 0. The third-order valence-corrected chi connectivity index (χ3v) is 5.66. The van der Waals surface area contributed by atoms with Crippen molar-refractivity contribution in [1.82, 2.24) is 0 Å². The van der Waals surface area contributed by atoms with Gasteiger partial charge >= 0.3 is 0 Å². The Morgan fingerprint density at radius 3 is 1.88 bits per heavy atom. The van der Waals surface area contributed by atoms with Crippen molar-refractivity contribution in [1.29, 1.82) is 0 Å². The summed E-state index contributed by atoms with van der Waals surface area (Å²) in [7, 11) is 0. The molecule has 1 aliphatic carbocycles. The average molecular weight is 332 g/mol. The first-order valence-corrected chi connectivity index (χ1v) is 9.18. The molecule has 0 N–H and O–H groups in total. The van der Waals surface area contributed by atoms with E-state index in [0.29, 0.717) is 0 Å². The summed E-state index contributed by atoms with van der Waals surface area (Å²) >= 11 is 0. The van der Waals surface area contributed by atoms with Crippen LogP contribution in [-0.2, 0) is 11.8 Å². The minimum atomic E-state index is -0.125. The van der Waals surface area contributed by atoms with Crippen molar-refractivity contribution in [2.24, 2.45) is 0 Å². The van der Waals surface area contributed by atoms with Gasteiger partial charge in [0.2, 0.25) is 0 Å². The Morgan fingerprint density at radius 1 is 0.577 bits per heavy atom. The van der Waals surface area contributed by atoms with E-state index in [1.807, 2.05) is 0 Å². The van der Waals surface area contributed by atoms with Gasteiger partial charge in [-0.05, 0) is 39.4 Å². The van der Waals surface area contributed by atoms with Crippen LogP contribution in [-0.4, -0.2) is 0 Å². The highest BCUT2D eigenvalue weighted by atomic mass is 14.4. The maximum absolute atomic E-state index is 2.40. The van der Waals surface area contributed by atoms with Gasteiger partial charge in [-0.3, -0.25) is 0 Å². The van der Waals surface area contributed by atoms with E-state index in [2.05, 4.69) is 109 Å². The van der Waals surface area contributed by atoms with Crippen LogP contribution in [0.3, 0.4) is 0 Å². The number of hydrogen-bond donors (Lipinski definition) is 0. The first kappa shape index (κ1) is 15.2. The average Bonchev–Trinajstić information content (AvgIpc) is 2.74. The molecule has 124 valence electrons. The second kappa shape index (κ2) is 6.00. The van der Waals surface area contributed by atoms with Crippen LogP contribution in [0.15, 0.2) is 103 Å². The molecule has 4 aromatic rings. The second-order valence-electron chi connectivity index (χ2n) is 7.07. The molecule has 0 radical (unpaired) electrons. The first-order chi connectivity index (χ1) is 12.9. The minimum Gasteiger partial charge on any atom is -0.0687 e. The lowest BCUT2D eigenvalue weighted by Gasteiger charge is -2.36. The van der Waals surface area contributed by atoms with E-state index in [1.165, 1.54) is 33.0 Å². The van der Waals surface area contributed by atoms with Gasteiger partial charge in [-0.15, -0.1) is 0 Å². The van der Waals surface area contributed by atoms with Gasteiger partial charge in [0.25, 0.3) is 0 Å². The third-order valence-electron chi connectivity index (χ3n) is 5.66. The third kappa shape index (κ3) is 2.30. The van der Waals surface area contributed by atoms with Crippen LogP contribution in [0, 0.1) is 0 Å². The molecule has 26 heavy (non-hydrogen) atoms. The Hall–Kier alpha value is -3.12. The van der Waals surface area contributed by atoms with E-state index < -0.39 is 0 Å². The monoisotopic (exact) mass is 332 g/mol. The van der Waals surface area contributed by atoms with Gasteiger partial charge in [-0.25, -0.2) is 0 Å². The first-order valence-electron chi connectivity index (χ1n) is 9.18. The van der Waals surface area contributed by atoms with E-state index in [9.17, 15) is 0 Å². The van der Waals surface area contributed by atoms with Gasteiger partial charge in [0, 0.05) is 5.41 Å². The molecule has 4 aromatic carbocycles. The van der Waals surface area contributed by atoms with Gasteiger partial charge < -0.3 is 0 Å². The summed E-state index contributed by atoms with van der Waals surface area (Å²) in [5.74, 6) is 0. The molecule has 0 atom stereocenters. The maximum atomic E-state index is 2.40. The normalized spacial score (nSPS) is 14.9. The van der Waals surface area contributed by atoms with Crippen molar-refractivity contribution in [3.63, 3.8) is 0 Å². The molecule has 0 nitrogen and oxygen atoms in total. The van der Waals surface area contributed by atoms with E-state index in [4.69, 9.17) is 0 Å². The summed E-state index contributed by atoms with van der Waals surface area (Å²) in [5.41, 5.74) is 5.35. The van der Waals surface area contributed by atoms with E-state index >= 15 is 0 Å². The Morgan fingerprint density at radius 2 is 1.19 bits per heavy atom.